The molecular weight excluding hydrogens is 172 g/mol. The molecule has 7 nitrogen and oxygen atoms in total. The number of carbonyl (C=O) groups is 1. The highest BCUT2D eigenvalue weighted by atomic mass is 16.2. The number of hydrazone groups is 1. The summed E-state index contributed by atoms with van der Waals surface area (Å²) in [6.45, 7) is 0. The number of amides is 2. The van der Waals surface area contributed by atoms with Crippen LogP contribution in [-0.4, -0.2) is 39.3 Å². The first kappa shape index (κ1) is 9.17. The molecule has 0 aliphatic carbocycles. The summed E-state index contributed by atoms with van der Waals surface area (Å²) < 4.78 is 1.53. The largest absolute Gasteiger partial charge is 0.350 e. The van der Waals surface area contributed by atoms with E-state index in [9.17, 15) is 4.79 Å². The Morgan fingerprint density at radius 1 is 1.85 bits per heavy atom. The molecule has 1 heterocycles. The van der Waals surface area contributed by atoms with Crippen LogP contribution in [0.1, 0.15) is 5.69 Å². The van der Waals surface area contributed by atoms with Gasteiger partial charge < -0.3 is 5.73 Å². The van der Waals surface area contributed by atoms with E-state index in [0.717, 1.165) is 5.01 Å². The van der Waals surface area contributed by atoms with E-state index >= 15 is 0 Å². The zero-order chi connectivity index (χ0) is 9.84. The summed E-state index contributed by atoms with van der Waals surface area (Å²) >= 11 is 0. The van der Waals surface area contributed by atoms with Crippen molar-refractivity contribution in [2.24, 2.45) is 17.9 Å². The molecule has 0 aliphatic heterocycles. The first-order valence-electron chi connectivity index (χ1n) is 3.53. The van der Waals surface area contributed by atoms with Gasteiger partial charge in [-0.05, 0) is 0 Å². The van der Waals surface area contributed by atoms with Crippen LogP contribution in [-0.2, 0) is 7.05 Å². The number of primary amides is 1. The summed E-state index contributed by atoms with van der Waals surface area (Å²) in [5.74, 6) is 0. The maximum atomic E-state index is 10.5. The van der Waals surface area contributed by atoms with Crippen LogP contribution in [0, 0.1) is 0 Å². The average molecular weight is 182 g/mol. The van der Waals surface area contributed by atoms with Gasteiger partial charge in [0, 0.05) is 14.1 Å². The third kappa shape index (κ3) is 2.55. The molecule has 1 aromatic rings. The molecule has 0 aliphatic rings. The molecule has 2 amide bonds. The molecule has 0 spiro atoms. The van der Waals surface area contributed by atoms with Crippen molar-refractivity contribution in [1.82, 2.24) is 20.0 Å². The van der Waals surface area contributed by atoms with Crippen LogP contribution in [0.2, 0.25) is 0 Å². The lowest BCUT2D eigenvalue weighted by Crippen LogP contribution is -2.27. The molecule has 2 N–H and O–H groups in total. The van der Waals surface area contributed by atoms with E-state index in [1.165, 1.54) is 17.9 Å². The summed E-state index contributed by atoms with van der Waals surface area (Å²) in [6.07, 6.45) is 3.07. The van der Waals surface area contributed by atoms with Crippen LogP contribution >= 0.6 is 0 Å². The Morgan fingerprint density at radius 3 is 3.00 bits per heavy atom. The SMILES string of the molecule is CN(/N=C/c1cn(C)nn1)C(N)=O. The highest BCUT2D eigenvalue weighted by Crippen LogP contribution is 1.88. The van der Waals surface area contributed by atoms with Gasteiger partial charge in [0.05, 0.1) is 12.4 Å². The maximum Gasteiger partial charge on any atom is 0.334 e. The van der Waals surface area contributed by atoms with E-state index in [0.29, 0.717) is 5.69 Å². The van der Waals surface area contributed by atoms with Gasteiger partial charge in [0.15, 0.2) is 0 Å². The third-order valence-electron chi connectivity index (χ3n) is 1.30. The van der Waals surface area contributed by atoms with Crippen molar-refractivity contribution in [2.45, 2.75) is 0 Å². The van der Waals surface area contributed by atoms with E-state index in [-0.39, 0.29) is 0 Å². The Morgan fingerprint density at radius 2 is 2.54 bits per heavy atom. The van der Waals surface area contributed by atoms with E-state index < -0.39 is 6.03 Å². The number of rotatable bonds is 2. The fraction of sp³-hybridized carbons (Fsp3) is 0.333. The molecule has 0 unspecified atom stereocenters. The molecule has 0 aromatic carbocycles. The maximum absolute atomic E-state index is 10.5. The molecule has 0 fully saturated rings. The predicted molar refractivity (Wildman–Crippen MR) is 45.9 cm³/mol. The molecule has 0 saturated heterocycles. The van der Waals surface area contributed by atoms with Gasteiger partial charge in [0.1, 0.15) is 5.69 Å². The number of urea groups is 1. The molecule has 7 heteroatoms. The molecule has 0 radical (unpaired) electrons. The lowest BCUT2D eigenvalue weighted by molar-refractivity contribution is 0.220. The summed E-state index contributed by atoms with van der Waals surface area (Å²) in [5.41, 5.74) is 5.50. The quantitative estimate of drug-likeness (QED) is 0.477. The minimum atomic E-state index is -0.625. The zero-order valence-electron chi connectivity index (χ0n) is 7.38. The Kier molecular flexibility index (Phi) is 2.58. The van der Waals surface area contributed by atoms with E-state index in [2.05, 4.69) is 15.4 Å². The lowest BCUT2D eigenvalue weighted by Gasteiger charge is -2.03. The van der Waals surface area contributed by atoms with Crippen molar-refractivity contribution in [3.63, 3.8) is 0 Å². The molecule has 1 aromatic heterocycles. The average Bonchev–Trinajstić information content (AvgIpc) is 2.47. The monoisotopic (exact) mass is 182 g/mol. The zero-order valence-corrected chi connectivity index (χ0v) is 7.38. The fourth-order valence-corrected chi connectivity index (χ4v) is 0.627. The van der Waals surface area contributed by atoms with Gasteiger partial charge in [-0.15, -0.1) is 5.10 Å². The summed E-state index contributed by atoms with van der Waals surface area (Å²) in [7, 11) is 3.19. The molecule has 1 rings (SSSR count). The van der Waals surface area contributed by atoms with Gasteiger partial charge in [-0.1, -0.05) is 5.21 Å². The number of aryl methyl sites for hydroxylation is 1. The van der Waals surface area contributed by atoms with Crippen molar-refractivity contribution >= 4 is 12.2 Å². The normalized spacial score (nSPS) is 10.6. The minimum Gasteiger partial charge on any atom is -0.350 e. The van der Waals surface area contributed by atoms with Crippen molar-refractivity contribution in [3.8, 4) is 0 Å². The Labute approximate surface area is 74.8 Å². The van der Waals surface area contributed by atoms with Gasteiger partial charge >= 0.3 is 6.03 Å². The van der Waals surface area contributed by atoms with E-state index in [1.54, 1.807) is 13.2 Å². The van der Waals surface area contributed by atoms with Gasteiger partial charge in [-0.3, -0.25) is 4.68 Å². The van der Waals surface area contributed by atoms with Crippen LogP contribution in [0.25, 0.3) is 0 Å². The number of aromatic nitrogens is 3. The van der Waals surface area contributed by atoms with Crippen molar-refractivity contribution in [3.05, 3.63) is 11.9 Å². The highest BCUT2D eigenvalue weighted by molar-refractivity contribution is 5.78. The Hall–Kier alpha value is -1.92. The fourth-order valence-electron chi connectivity index (χ4n) is 0.627. The van der Waals surface area contributed by atoms with Crippen LogP contribution in [0.5, 0.6) is 0 Å². The van der Waals surface area contributed by atoms with E-state index in [4.69, 9.17) is 5.73 Å². The summed E-state index contributed by atoms with van der Waals surface area (Å²) in [4.78, 5) is 10.5. The van der Waals surface area contributed by atoms with Gasteiger partial charge in [0.25, 0.3) is 0 Å². The van der Waals surface area contributed by atoms with Gasteiger partial charge in [0.2, 0.25) is 0 Å². The Bertz CT molecular complexity index is 330. The third-order valence-corrected chi connectivity index (χ3v) is 1.30. The summed E-state index contributed by atoms with van der Waals surface area (Å²) in [6, 6.07) is -0.625. The van der Waals surface area contributed by atoms with Gasteiger partial charge in [-0.25, -0.2) is 9.80 Å². The van der Waals surface area contributed by atoms with Crippen molar-refractivity contribution in [2.75, 3.05) is 7.05 Å². The first-order chi connectivity index (χ1) is 6.09. The highest BCUT2D eigenvalue weighted by Gasteiger charge is 1.98. The minimum absolute atomic E-state index is 0.565. The Balaban J connectivity index is 2.63. The first-order valence-corrected chi connectivity index (χ1v) is 3.53. The number of hydrogen-bond donors (Lipinski definition) is 1. The van der Waals surface area contributed by atoms with Crippen LogP contribution < -0.4 is 5.73 Å². The number of carbonyl (C=O) groups excluding carboxylic acids is 1. The second-order valence-corrected chi connectivity index (χ2v) is 2.42. The molecule has 70 valence electrons. The second kappa shape index (κ2) is 3.65. The van der Waals surface area contributed by atoms with Crippen LogP contribution in [0.4, 0.5) is 4.79 Å². The standard InChI is InChI=1S/C6H10N6O/c1-11-4-5(9-10-11)3-8-12(2)6(7)13/h3-4H,1-2H3,(H2,7,13)/b8-3+. The predicted octanol–water partition coefficient (Wildman–Crippen LogP) is -0.841. The molecule has 0 bridgehead atoms. The second-order valence-electron chi connectivity index (χ2n) is 2.42. The topological polar surface area (TPSA) is 89.4 Å². The molecule has 0 saturated carbocycles. The van der Waals surface area contributed by atoms with Crippen molar-refractivity contribution in [1.29, 1.82) is 0 Å². The number of nitrogens with two attached hydrogens (primary N) is 1. The van der Waals surface area contributed by atoms with Crippen LogP contribution in [0.3, 0.4) is 0 Å². The smallest absolute Gasteiger partial charge is 0.334 e. The lowest BCUT2D eigenvalue weighted by atomic mass is 10.5. The number of nitrogens with zero attached hydrogens (tertiary/aromatic N) is 5. The summed E-state index contributed by atoms with van der Waals surface area (Å²) in [5, 5.41) is 12.1. The number of hydrogen-bond acceptors (Lipinski definition) is 4. The molecular formula is C6H10N6O. The molecule has 13 heavy (non-hydrogen) atoms. The van der Waals surface area contributed by atoms with Crippen molar-refractivity contribution < 1.29 is 4.79 Å². The van der Waals surface area contributed by atoms with Crippen LogP contribution in [0.15, 0.2) is 11.3 Å². The van der Waals surface area contributed by atoms with Gasteiger partial charge in [-0.2, -0.15) is 5.10 Å². The van der Waals surface area contributed by atoms with E-state index in [1.807, 2.05) is 0 Å². The molecule has 0 atom stereocenters.